The van der Waals surface area contributed by atoms with Gasteiger partial charge in [0.1, 0.15) is 5.75 Å². The summed E-state index contributed by atoms with van der Waals surface area (Å²) in [6.45, 7) is 1.88. The zero-order valence-electron chi connectivity index (χ0n) is 14.5. The molecule has 0 heterocycles. The summed E-state index contributed by atoms with van der Waals surface area (Å²) in [7, 11) is 0. The Hall–Kier alpha value is -2.62. The first-order valence-corrected chi connectivity index (χ1v) is 8.87. The predicted molar refractivity (Wildman–Crippen MR) is 100 cm³/mol. The number of aromatic hydroxyl groups is 1. The van der Waals surface area contributed by atoms with Crippen LogP contribution >= 0.6 is 0 Å². The van der Waals surface area contributed by atoms with Gasteiger partial charge in [-0.15, -0.1) is 0 Å². The average molecular weight is 336 g/mol. The Morgan fingerprint density at radius 3 is 2.20 bits per heavy atom. The molecule has 4 heteroatoms. The highest BCUT2D eigenvalue weighted by Crippen LogP contribution is 2.32. The summed E-state index contributed by atoms with van der Waals surface area (Å²) in [5.74, 6) is 0.529. The predicted octanol–water partition coefficient (Wildman–Crippen LogP) is 4.59. The molecule has 1 aliphatic carbocycles. The lowest BCUT2D eigenvalue weighted by molar-refractivity contribution is 0.0955. The first kappa shape index (κ1) is 17.2. The molecule has 25 heavy (non-hydrogen) atoms. The first-order chi connectivity index (χ1) is 12.1. The molecule has 130 valence electrons. The second-order valence-electron chi connectivity index (χ2n) is 6.64. The normalized spacial score (nSPS) is 15.8. The van der Waals surface area contributed by atoms with Crippen molar-refractivity contribution in [3.05, 3.63) is 65.2 Å². The molecule has 3 rings (SSSR count). The van der Waals surface area contributed by atoms with Crippen molar-refractivity contribution in [2.75, 3.05) is 0 Å². The molecule has 0 aromatic heterocycles. The van der Waals surface area contributed by atoms with Crippen LogP contribution in [0.4, 0.5) is 0 Å². The van der Waals surface area contributed by atoms with Crippen molar-refractivity contribution in [1.82, 2.24) is 5.43 Å². The van der Waals surface area contributed by atoms with Crippen LogP contribution in [0.1, 0.15) is 66.4 Å². The van der Waals surface area contributed by atoms with E-state index in [0.29, 0.717) is 11.5 Å². The Labute approximate surface area is 148 Å². The number of phenols is 1. The van der Waals surface area contributed by atoms with Crippen LogP contribution in [0, 0.1) is 0 Å². The zero-order chi connectivity index (χ0) is 17.6. The van der Waals surface area contributed by atoms with Crippen LogP contribution in [-0.4, -0.2) is 16.7 Å². The number of amides is 1. The van der Waals surface area contributed by atoms with Crippen molar-refractivity contribution in [2.24, 2.45) is 5.10 Å². The van der Waals surface area contributed by atoms with Crippen molar-refractivity contribution in [3.63, 3.8) is 0 Å². The molecule has 0 aliphatic heterocycles. The Bertz CT molecular complexity index is 742. The van der Waals surface area contributed by atoms with Crippen LogP contribution < -0.4 is 5.43 Å². The third kappa shape index (κ3) is 4.47. The summed E-state index contributed by atoms with van der Waals surface area (Å²) in [5.41, 5.74) is 6.20. The summed E-state index contributed by atoms with van der Waals surface area (Å²) < 4.78 is 0. The molecule has 1 amide bonds. The first-order valence-electron chi connectivity index (χ1n) is 8.87. The highest BCUT2D eigenvalue weighted by atomic mass is 16.3. The molecule has 2 aromatic carbocycles. The molecule has 0 spiro atoms. The summed E-state index contributed by atoms with van der Waals surface area (Å²) in [5, 5.41) is 13.5. The zero-order valence-corrected chi connectivity index (χ0v) is 14.5. The monoisotopic (exact) mass is 336 g/mol. The molecule has 0 saturated heterocycles. The van der Waals surface area contributed by atoms with E-state index in [0.717, 1.165) is 11.3 Å². The maximum atomic E-state index is 12.1. The van der Waals surface area contributed by atoms with E-state index >= 15 is 0 Å². The lowest BCUT2D eigenvalue weighted by atomic mass is 9.84. The second kappa shape index (κ2) is 7.97. The number of carbonyl (C=O) groups excluding carboxylic acids is 1. The van der Waals surface area contributed by atoms with E-state index in [4.69, 9.17) is 0 Å². The molecule has 1 aliphatic rings. The smallest absolute Gasteiger partial charge is 0.271 e. The maximum Gasteiger partial charge on any atom is 0.271 e. The third-order valence-corrected chi connectivity index (χ3v) is 4.86. The minimum Gasteiger partial charge on any atom is -0.508 e. The molecule has 1 saturated carbocycles. The summed E-state index contributed by atoms with van der Waals surface area (Å²) in [4.78, 5) is 12.1. The van der Waals surface area contributed by atoms with Gasteiger partial charge in [-0.3, -0.25) is 4.79 Å². The number of phenolic OH excluding ortho intramolecular Hbond substituents is 1. The SMILES string of the molecule is C/C(=N/NC(=O)c1ccc(O)cc1)c1ccc(C2CCCCC2)cc1. The van der Waals surface area contributed by atoms with E-state index in [1.807, 2.05) is 6.92 Å². The number of nitrogens with one attached hydrogen (secondary N) is 1. The van der Waals surface area contributed by atoms with E-state index in [-0.39, 0.29) is 11.7 Å². The van der Waals surface area contributed by atoms with Crippen LogP contribution in [0.3, 0.4) is 0 Å². The minimum atomic E-state index is -0.293. The van der Waals surface area contributed by atoms with Gasteiger partial charge in [-0.05, 0) is 61.1 Å². The molecular formula is C21H24N2O2. The molecule has 4 nitrogen and oxygen atoms in total. The van der Waals surface area contributed by atoms with Gasteiger partial charge < -0.3 is 5.11 Å². The van der Waals surface area contributed by atoms with E-state index in [2.05, 4.69) is 34.8 Å². The highest BCUT2D eigenvalue weighted by Gasteiger charge is 2.15. The van der Waals surface area contributed by atoms with E-state index in [1.54, 1.807) is 12.1 Å². The maximum absolute atomic E-state index is 12.1. The molecule has 0 bridgehead atoms. The van der Waals surface area contributed by atoms with Gasteiger partial charge in [0.05, 0.1) is 5.71 Å². The molecule has 0 radical (unpaired) electrons. The lowest BCUT2D eigenvalue weighted by Crippen LogP contribution is -2.19. The van der Waals surface area contributed by atoms with Crippen LogP contribution in [-0.2, 0) is 0 Å². The van der Waals surface area contributed by atoms with Gasteiger partial charge in [0.25, 0.3) is 5.91 Å². The van der Waals surface area contributed by atoms with Gasteiger partial charge in [0.2, 0.25) is 0 Å². The minimum absolute atomic E-state index is 0.134. The van der Waals surface area contributed by atoms with Crippen molar-refractivity contribution in [3.8, 4) is 5.75 Å². The van der Waals surface area contributed by atoms with Crippen molar-refractivity contribution >= 4 is 11.6 Å². The van der Waals surface area contributed by atoms with E-state index in [1.165, 1.54) is 49.8 Å². The largest absolute Gasteiger partial charge is 0.508 e. The molecular weight excluding hydrogens is 312 g/mol. The summed E-state index contributed by atoms with van der Waals surface area (Å²) in [6, 6.07) is 14.6. The van der Waals surface area contributed by atoms with Gasteiger partial charge >= 0.3 is 0 Å². The molecule has 1 fully saturated rings. The van der Waals surface area contributed by atoms with Crippen LogP contribution in [0.25, 0.3) is 0 Å². The summed E-state index contributed by atoms with van der Waals surface area (Å²) >= 11 is 0. The highest BCUT2D eigenvalue weighted by molar-refractivity contribution is 6.00. The van der Waals surface area contributed by atoms with Gasteiger partial charge in [-0.25, -0.2) is 5.43 Å². The fraction of sp³-hybridized carbons (Fsp3) is 0.333. The number of hydrazone groups is 1. The van der Waals surface area contributed by atoms with Crippen LogP contribution in [0.15, 0.2) is 53.6 Å². The number of rotatable bonds is 4. The Morgan fingerprint density at radius 2 is 1.56 bits per heavy atom. The molecule has 0 atom stereocenters. The van der Waals surface area contributed by atoms with E-state index in [9.17, 15) is 9.90 Å². The van der Waals surface area contributed by atoms with Crippen molar-refractivity contribution in [2.45, 2.75) is 44.9 Å². The number of nitrogens with zero attached hydrogens (tertiary/aromatic N) is 1. The van der Waals surface area contributed by atoms with Crippen LogP contribution in [0.5, 0.6) is 5.75 Å². The Morgan fingerprint density at radius 1 is 0.960 bits per heavy atom. The molecule has 2 aromatic rings. The van der Waals surface area contributed by atoms with Crippen molar-refractivity contribution in [1.29, 1.82) is 0 Å². The topological polar surface area (TPSA) is 61.7 Å². The van der Waals surface area contributed by atoms with E-state index < -0.39 is 0 Å². The lowest BCUT2D eigenvalue weighted by Gasteiger charge is -2.22. The van der Waals surface area contributed by atoms with Gasteiger partial charge in [0, 0.05) is 5.56 Å². The number of carbonyl (C=O) groups is 1. The molecule has 0 unspecified atom stereocenters. The second-order valence-corrected chi connectivity index (χ2v) is 6.64. The Balaban J connectivity index is 1.63. The standard InChI is InChI=1S/C21H24N2O2/c1-15(22-23-21(25)19-11-13-20(24)14-12-19)16-7-9-18(10-8-16)17-5-3-2-4-6-17/h7-14,17,24H,2-6H2,1H3,(H,23,25)/b22-15-. The van der Waals surface area contributed by atoms with Crippen LogP contribution in [0.2, 0.25) is 0 Å². The third-order valence-electron chi connectivity index (χ3n) is 4.86. The van der Waals surface area contributed by atoms with Gasteiger partial charge in [0.15, 0.2) is 0 Å². The fourth-order valence-electron chi connectivity index (χ4n) is 3.31. The van der Waals surface area contributed by atoms with Gasteiger partial charge in [-0.1, -0.05) is 43.5 Å². The van der Waals surface area contributed by atoms with Gasteiger partial charge in [-0.2, -0.15) is 5.10 Å². The summed E-state index contributed by atoms with van der Waals surface area (Å²) in [6.07, 6.45) is 6.59. The Kier molecular flexibility index (Phi) is 5.49. The average Bonchev–Trinajstić information content (AvgIpc) is 2.67. The van der Waals surface area contributed by atoms with Crippen molar-refractivity contribution < 1.29 is 9.90 Å². The quantitative estimate of drug-likeness (QED) is 0.633. The fourth-order valence-corrected chi connectivity index (χ4v) is 3.31. The number of hydrogen-bond acceptors (Lipinski definition) is 3. The number of hydrogen-bond donors (Lipinski definition) is 2. The number of benzene rings is 2. The molecule has 2 N–H and O–H groups in total.